The van der Waals surface area contributed by atoms with Crippen molar-refractivity contribution >= 4 is 0 Å². The summed E-state index contributed by atoms with van der Waals surface area (Å²) in [5.74, 6) is 0.871. The van der Waals surface area contributed by atoms with Crippen molar-refractivity contribution in [1.29, 1.82) is 0 Å². The molecule has 0 saturated heterocycles. The van der Waals surface area contributed by atoms with Gasteiger partial charge in [-0.2, -0.15) is 0 Å². The second-order valence-corrected chi connectivity index (χ2v) is 4.91. The summed E-state index contributed by atoms with van der Waals surface area (Å²) in [4.78, 5) is 0. The molecule has 0 aromatic heterocycles. The highest BCUT2D eigenvalue weighted by Crippen LogP contribution is 2.34. The van der Waals surface area contributed by atoms with Gasteiger partial charge in [0, 0.05) is 13.0 Å². The molecule has 1 aromatic rings. The first kappa shape index (κ1) is 13.4. The normalized spacial score (nSPS) is 21.9. The lowest BCUT2D eigenvalue weighted by Gasteiger charge is -2.17. The molecule has 2 atom stereocenters. The molecule has 0 fully saturated rings. The summed E-state index contributed by atoms with van der Waals surface area (Å²) in [5.41, 5.74) is 8.72. The zero-order chi connectivity index (χ0) is 13.0. The minimum atomic E-state index is -0.0169. The first-order valence-electron chi connectivity index (χ1n) is 6.80. The monoisotopic (exact) mass is 249 g/mol. The van der Waals surface area contributed by atoms with E-state index in [1.807, 2.05) is 12.1 Å². The van der Waals surface area contributed by atoms with Crippen molar-refractivity contribution in [2.45, 2.75) is 44.8 Å². The molecule has 0 heterocycles. The van der Waals surface area contributed by atoms with E-state index in [4.69, 9.17) is 15.2 Å². The van der Waals surface area contributed by atoms with Gasteiger partial charge in [-0.3, -0.25) is 0 Å². The predicted octanol–water partition coefficient (Wildman–Crippen LogP) is 2.83. The van der Waals surface area contributed by atoms with Crippen molar-refractivity contribution in [1.82, 2.24) is 0 Å². The van der Waals surface area contributed by atoms with Crippen LogP contribution in [0.3, 0.4) is 0 Å². The maximum atomic E-state index is 6.25. The molecule has 100 valence electrons. The molecule has 0 spiro atoms. The highest BCUT2D eigenvalue weighted by molar-refractivity contribution is 5.42. The Kier molecular flexibility index (Phi) is 4.61. The van der Waals surface area contributed by atoms with Gasteiger partial charge in [0.1, 0.15) is 5.75 Å². The summed E-state index contributed by atoms with van der Waals surface area (Å²) in [6, 6.07) is 6.11. The van der Waals surface area contributed by atoms with E-state index in [1.54, 1.807) is 7.11 Å². The highest BCUT2D eigenvalue weighted by Gasteiger charge is 2.30. The van der Waals surface area contributed by atoms with Gasteiger partial charge in [0.2, 0.25) is 0 Å². The summed E-state index contributed by atoms with van der Waals surface area (Å²) >= 11 is 0. The Bertz CT molecular complexity index is 392. The molecule has 2 unspecified atom stereocenters. The van der Waals surface area contributed by atoms with Crippen molar-refractivity contribution in [3.63, 3.8) is 0 Å². The molecule has 1 aromatic carbocycles. The molecule has 1 aliphatic rings. The van der Waals surface area contributed by atoms with Crippen LogP contribution in [0.25, 0.3) is 0 Å². The van der Waals surface area contributed by atoms with Gasteiger partial charge in [0.05, 0.1) is 19.3 Å². The number of unbranched alkanes of at least 4 members (excludes halogenated alkanes) is 2. The Morgan fingerprint density at radius 1 is 1.33 bits per heavy atom. The Balaban J connectivity index is 1.95. The van der Waals surface area contributed by atoms with E-state index in [1.165, 1.54) is 24.0 Å². The van der Waals surface area contributed by atoms with Gasteiger partial charge in [0.15, 0.2) is 0 Å². The Labute approximate surface area is 109 Å². The van der Waals surface area contributed by atoms with Crippen LogP contribution in [0, 0.1) is 0 Å². The SMILES string of the molecule is CCCCCOC1Cc2ccc(OC)cc2C1N. The maximum absolute atomic E-state index is 6.25. The van der Waals surface area contributed by atoms with Crippen molar-refractivity contribution in [2.24, 2.45) is 5.73 Å². The van der Waals surface area contributed by atoms with E-state index >= 15 is 0 Å². The number of ether oxygens (including phenoxy) is 2. The summed E-state index contributed by atoms with van der Waals surface area (Å²) in [5, 5.41) is 0. The van der Waals surface area contributed by atoms with Crippen molar-refractivity contribution in [3.05, 3.63) is 29.3 Å². The number of hydrogen-bond donors (Lipinski definition) is 1. The maximum Gasteiger partial charge on any atom is 0.119 e. The first-order chi connectivity index (χ1) is 8.76. The van der Waals surface area contributed by atoms with Gasteiger partial charge in [-0.25, -0.2) is 0 Å². The lowest BCUT2D eigenvalue weighted by Crippen LogP contribution is -2.25. The number of hydrogen-bond acceptors (Lipinski definition) is 3. The van der Waals surface area contributed by atoms with Crippen LogP contribution in [0.2, 0.25) is 0 Å². The zero-order valence-electron chi connectivity index (χ0n) is 11.3. The van der Waals surface area contributed by atoms with E-state index in [0.29, 0.717) is 0 Å². The molecule has 2 N–H and O–H groups in total. The van der Waals surface area contributed by atoms with Crippen LogP contribution >= 0.6 is 0 Å². The Morgan fingerprint density at radius 2 is 2.17 bits per heavy atom. The van der Waals surface area contributed by atoms with Crippen LogP contribution < -0.4 is 10.5 Å². The average molecular weight is 249 g/mol. The number of benzene rings is 1. The van der Waals surface area contributed by atoms with Gasteiger partial charge in [-0.15, -0.1) is 0 Å². The zero-order valence-corrected chi connectivity index (χ0v) is 11.3. The largest absolute Gasteiger partial charge is 0.497 e. The predicted molar refractivity (Wildman–Crippen MR) is 72.9 cm³/mol. The minimum Gasteiger partial charge on any atom is -0.497 e. The smallest absolute Gasteiger partial charge is 0.119 e. The van der Waals surface area contributed by atoms with Gasteiger partial charge in [-0.05, 0) is 29.7 Å². The number of methoxy groups -OCH3 is 1. The van der Waals surface area contributed by atoms with E-state index in [0.717, 1.165) is 25.2 Å². The molecule has 0 aliphatic heterocycles. The van der Waals surface area contributed by atoms with E-state index in [-0.39, 0.29) is 12.1 Å². The fourth-order valence-corrected chi connectivity index (χ4v) is 2.49. The molecule has 0 saturated carbocycles. The van der Waals surface area contributed by atoms with Crippen LogP contribution in [-0.2, 0) is 11.2 Å². The molecule has 0 radical (unpaired) electrons. The third-order valence-corrected chi connectivity index (χ3v) is 3.61. The molecular formula is C15H23NO2. The third-order valence-electron chi connectivity index (χ3n) is 3.61. The molecule has 2 rings (SSSR count). The highest BCUT2D eigenvalue weighted by atomic mass is 16.5. The quantitative estimate of drug-likeness (QED) is 0.788. The van der Waals surface area contributed by atoms with Crippen LogP contribution in [0.4, 0.5) is 0 Å². The summed E-state index contributed by atoms with van der Waals surface area (Å²) in [7, 11) is 1.68. The van der Waals surface area contributed by atoms with E-state index in [9.17, 15) is 0 Å². The summed E-state index contributed by atoms with van der Waals surface area (Å²) < 4.78 is 11.1. The average Bonchev–Trinajstić information content (AvgIpc) is 2.71. The second kappa shape index (κ2) is 6.21. The lowest BCUT2D eigenvalue weighted by atomic mass is 10.1. The number of nitrogens with two attached hydrogens (primary N) is 1. The topological polar surface area (TPSA) is 44.5 Å². The fraction of sp³-hybridized carbons (Fsp3) is 0.600. The van der Waals surface area contributed by atoms with Crippen LogP contribution in [0.5, 0.6) is 5.75 Å². The van der Waals surface area contributed by atoms with Crippen molar-refractivity contribution in [3.8, 4) is 5.75 Å². The molecular weight excluding hydrogens is 226 g/mol. The minimum absolute atomic E-state index is 0.0169. The molecule has 3 heteroatoms. The van der Waals surface area contributed by atoms with Crippen molar-refractivity contribution < 1.29 is 9.47 Å². The second-order valence-electron chi connectivity index (χ2n) is 4.91. The van der Waals surface area contributed by atoms with Crippen LogP contribution in [0.15, 0.2) is 18.2 Å². The fourth-order valence-electron chi connectivity index (χ4n) is 2.49. The standard InChI is InChI=1S/C15H23NO2/c1-3-4-5-8-18-14-9-11-6-7-12(17-2)10-13(11)15(14)16/h6-7,10,14-15H,3-5,8-9,16H2,1-2H3. The third kappa shape index (κ3) is 2.85. The van der Waals surface area contributed by atoms with Crippen LogP contribution in [0.1, 0.15) is 43.4 Å². The van der Waals surface area contributed by atoms with E-state index < -0.39 is 0 Å². The van der Waals surface area contributed by atoms with Crippen LogP contribution in [-0.4, -0.2) is 19.8 Å². The summed E-state index contributed by atoms with van der Waals surface area (Å²) in [6.07, 6.45) is 4.62. The van der Waals surface area contributed by atoms with Gasteiger partial charge in [-0.1, -0.05) is 25.8 Å². The van der Waals surface area contributed by atoms with Gasteiger partial charge in [0.25, 0.3) is 0 Å². The Hall–Kier alpha value is -1.06. The Morgan fingerprint density at radius 3 is 2.89 bits per heavy atom. The lowest BCUT2D eigenvalue weighted by molar-refractivity contribution is 0.0413. The molecule has 0 amide bonds. The van der Waals surface area contributed by atoms with Gasteiger partial charge < -0.3 is 15.2 Å². The van der Waals surface area contributed by atoms with E-state index in [2.05, 4.69) is 13.0 Å². The first-order valence-corrected chi connectivity index (χ1v) is 6.80. The number of rotatable bonds is 6. The van der Waals surface area contributed by atoms with Gasteiger partial charge >= 0.3 is 0 Å². The molecule has 0 bridgehead atoms. The van der Waals surface area contributed by atoms with Crippen molar-refractivity contribution in [2.75, 3.05) is 13.7 Å². The molecule has 18 heavy (non-hydrogen) atoms. The summed E-state index contributed by atoms with van der Waals surface area (Å²) in [6.45, 7) is 3.01. The molecule has 1 aliphatic carbocycles. The number of fused-ring (bicyclic) bond motifs is 1. The molecule has 3 nitrogen and oxygen atoms in total.